The third-order valence-electron chi connectivity index (χ3n) is 4.49. The van der Waals surface area contributed by atoms with E-state index in [0.29, 0.717) is 17.4 Å². The molecule has 1 unspecified atom stereocenters. The molecule has 1 aromatic rings. The van der Waals surface area contributed by atoms with E-state index in [1.807, 2.05) is 18.4 Å². The fourth-order valence-electron chi connectivity index (χ4n) is 3.19. The van der Waals surface area contributed by atoms with Crippen LogP contribution < -0.4 is 4.90 Å². The average Bonchev–Trinajstić information content (AvgIpc) is 2.96. The third-order valence-corrected chi connectivity index (χ3v) is 5.32. The Bertz CT molecular complexity index is 506. The highest BCUT2D eigenvalue weighted by Crippen LogP contribution is 2.33. The van der Waals surface area contributed by atoms with Crippen LogP contribution in [0.25, 0.3) is 0 Å². The van der Waals surface area contributed by atoms with Gasteiger partial charge in [0.15, 0.2) is 6.29 Å². The highest BCUT2D eigenvalue weighted by Gasteiger charge is 2.32. The van der Waals surface area contributed by atoms with Crippen LogP contribution in [0.3, 0.4) is 0 Å². The Labute approximate surface area is 136 Å². The maximum Gasteiger partial charge on any atom is 0.230 e. The number of carbonyl (C=O) groups excluding carboxylic acids is 2. The number of hydrogen-bond donors (Lipinski definition) is 0. The Hall–Kier alpha value is -1.20. The zero-order valence-corrected chi connectivity index (χ0v) is 14.4. The van der Waals surface area contributed by atoms with Crippen molar-refractivity contribution in [1.82, 2.24) is 0 Å². The van der Waals surface area contributed by atoms with Crippen molar-refractivity contribution in [3.63, 3.8) is 0 Å². The predicted octanol–water partition coefficient (Wildman–Crippen LogP) is 3.75. The number of carbonyl (C=O) groups is 2. The molecule has 2 rings (SSSR count). The molecule has 0 N–H and O–H groups in total. The van der Waals surface area contributed by atoms with Crippen LogP contribution in [0.1, 0.15) is 49.2 Å². The lowest BCUT2D eigenvalue weighted by Gasteiger charge is -2.34. The van der Waals surface area contributed by atoms with Crippen LogP contribution in [0.5, 0.6) is 0 Å². The predicted molar refractivity (Wildman–Crippen MR) is 89.7 cm³/mol. The highest BCUT2D eigenvalue weighted by molar-refractivity contribution is 7.12. The summed E-state index contributed by atoms with van der Waals surface area (Å²) in [6.45, 7) is 4.68. The molecule has 1 aliphatic rings. The molecule has 1 aliphatic carbocycles. The Morgan fingerprint density at radius 3 is 2.73 bits per heavy atom. The second kappa shape index (κ2) is 7.88. The summed E-state index contributed by atoms with van der Waals surface area (Å²) >= 11 is 1.38. The number of methoxy groups -OCH3 is 1. The number of hydrogen-bond acceptors (Lipinski definition) is 4. The summed E-state index contributed by atoms with van der Waals surface area (Å²) in [5, 5.41) is 1.86. The van der Waals surface area contributed by atoms with Gasteiger partial charge in [0.05, 0.1) is 23.2 Å². The van der Waals surface area contributed by atoms with Gasteiger partial charge in [-0.15, -0.1) is 11.3 Å². The van der Waals surface area contributed by atoms with Gasteiger partial charge < -0.3 is 9.64 Å². The number of ether oxygens (including phenoxy) is 1. The van der Waals surface area contributed by atoms with E-state index in [4.69, 9.17) is 4.74 Å². The second-order valence-corrected chi connectivity index (χ2v) is 7.21. The molecule has 4 nitrogen and oxygen atoms in total. The van der Waals surface area contributed by atoms with Crippen molar-refractivity contribution in [2.45, 2.75) is 45.6 Å². The van der Waals surface area contributed by atoms with E-state index in [-0.39, 0.29) is 17.9 Å². The number of amides is 1. The monoisotopic (exact) mass is 323 g/mol. The number of aldehydes is 1. The molecule has 5 heteroatoms. The normalized spacial score (nSPS) is 23.0. The smallest absolute Gasteiger partial charge is 0.230 e. The van der Waals surface area contributed by atoms with Gasteiger partial charge in [0, 0.05) is 13.0 Å². The molecule has 0 aromatic carbocycles. The van der Waals surface area contributed by atoms with Crippen molar-refractivity contribution >= 4 is 29.2 Å². The van der Waals surface area contributed by atoms with Crippen LogP contribution in [0.4, 0.5) is 5.69 Å². The fraction of sp³-hybridized carbons (Fsp3) is 0.647. The molecule has 0 aliphatic heterocycles. The van der Waals surface area contributed by atoms with Crippen molar-refractivity contribution in [2.75, 3.05) is 18.6 Å². The van der Waals surface area contributed by atoms with E-state index in [1.165, 1.54) is 11.3 Å². The van der Waals surface area contributed by atoms with Gasteiger partial charge in [-0.2, -0.15) is 0 Å². The van der Waals surface area contributed by atoms with Crippen LogP contribution in [0.15, 0.2) is 11.4 Å². The van der Waals surface area contributed by atoms with Gasteiger partial charge in [-0.05, 0) is 50.0 Å². The molecule has 1 aromatic heterocycles. The van der Waals surface area contributed by atoms with Crippen molar-refractivity contribution in [3.05, 3.63) is 16.3 Å². The first-order valence-electron chi connectivity index (χ1n) is 7.93. The maximum absolute atomic E-state index is 13.0. The lowest BCUT2D eigenvalue weighted by Crippen LogP contribution is -2.45. The van der Waals surface area contributed by atoms with E-state index in [0.717, 1.165) is 37.7 Å². The molecule has 0 spiro atoms. The van der Waals surface area contributed by atoms with Crippen molar-refractivity contribution < 1.29 is 14.3 Å². The van der Waals surface area contributed by atoms with Gasteiger partial charge in [0.1, 0.15) is 0 Å². The quantitative estimate of drug-likeness (QED) is 0.749. The molecular formula is C17H25NO3S. The summed E-state index contributed by atoms with van der Waals surface area (Å²) in [6, 6.07) is 1.79. The molecule has 0 saturated heterocycles. The number of rotatable bonds is 6. The van der Waals surface area contributed by atoms with Crippen LogP contribution in [0, 0.1) is 11.8 Å². The summed E-state index contributed by atoms with van der Waals surface area (Å²) in [7, 11) is 1.63. The molecule has 0 bridgehead atoms. The van der Waals surface area contributed by atoms with Gasteiger partial charge in [-0.3, -0.25) is 9.59 Å². The largest absolute Gasteiger partial charge is 0.383 e. The van der Waals surface area contributed by atoms with Crippen molar-refractivity contribution in [2.24, 2.45) is 11.8 Å². The summed E-state index contributed by atoms with van der Waals surface area (Å²) in [5.41, 5.74) is 0.730. The number of thiophene rings is 1. The number of nitrogens with zero attached hydrogens (tertiary/aromatic N) is 1. The van der Waals surface area contributed by atoms with Gasteiger partial charge in [-0.25, -0.2) is 0 Å². The minimum Gasteiger partial charge on any atom is -0.383 e. The Balaban J connectivity index is 2.24. The first kappa shape index (κ1) is 17.2. The van der Waals surface area contributed by atoms with Crippen LogP contribution >= 0.6 is 11.3 Å². The van der Waals surface area contributed by atoms with Gasteiger partial charge in [0.25, 0.3) is 0 Å². The minimum absolute atomic E-state index is 0.0647. The zero-order chi connectivity index (χ0) is 16.1. The summed E-state index contributed by atoms with van der Waals surface area (Å²) < 4.78 is 5.23. The zero-order valence-electron chi connectivity index (χ0n) is 13.6. The first-order valence-corrected chi connectivity index (χ1v) is 8.81. The van der Waals surface area contributed by atoms with Gasteiger partial charge in [0.2, 0.25) is 5.91 Å². The van der Waals surface area contributed by atoms with E-state index >= 15 is 0 Å². The topological polar surface area (TPSA) is 46.6 Å². The summed E-state index contributed by atoms with van der Waals surface area (Å²) in [6.07, 6.45) is 4.93. The lowest BCUT2D eigenvalue weighted by molar-refractivity contribution is -0.124. The summed E-state index contributed by atoms with van der Waals surface area (Å²) in [5.74, 6) is 0.911. The minimum atomic E-state index is -0.0786. The van der Waals surface area contributed by atoms with E-state index < -0.39 is 0 Å². The summed E-state index contributed by atoms with van der Waals surface area (Å²) in [4.78, 5) is 26.7. The first-order chi connectivity index (χ1) is 10.6. The lowest BCUT2D eigenvalue weighted by atomic mass is 9.82. The Kier molecular flexibility index (Phi) is 6.15. The van der Waals surface area contributed by atoms with E-state index in [1.54, 1.807) is 12.0 Å². The van der Waals surface area contributed by atoms with E-state index in [2.05, 4.69) is 6.92 Å². The van der Waals surface area contributed by atoms with Crippen LogP contribution in [-0.2, 0) is 9.53 Å². The second-order valence-electron chi connectivity index (χ2n) is 6.26. The molecule has 1 amide bonds. The van der Waals surface area contributed by atoms with Gasteiger partial charge >= 0.3 is 0 Å². The maximum atomic E-state index is 13.0. The van der Waals surface area contributed by atoms with Crippen LogP contribution in [0.2, 0.25) is 0 Å². The molecule has 122 valence electrons. The Morgan fingerprint density at radius 1 is 1.45 bits per heavy atom. The Morgan fingerprint density at radius 2 is 2.14 bits per heavy atom. The standard InChI is InChI=1S/C17H25NO3S/c1-12-4-6-14(7-5-12)17(20)18(13(2)11-21-3)15-8-9-22-16(15)10-19/h8-10,12-14H,4-7,11H2,1-3H3/t12-,13?,14-. The molecular weight excluding hydrogens is 298 g/mol. The molecule has 1 saturated carbocycles. The van der Waals surface area contributed by atoms with E-state index in [9.17, 15) is 9.59 Å². The molecule has 1 heterocycles. The number of anilines is 1. The van der Waals surface area contributed by atoms with Crippen molar-refractivity contribution in [1.29, 1.82) is 0 Å². The van der Waals surface area contributed by atoms with Crippen LogP contribution in [-0.4, -0.2) is 32.0 Å². The molecule has 1 atom stereocenters. The fourth-order valence-corrected chi connectivity index (χ4v) is 3.88. The highest BCUT2D eigenvalue weighted by atomic mass is 32.1. The SMILES string of the molecule is COCC(C)N(c1ccsc1C=O)C(=O)[C@H]1CC[C@H](C)CC1. The molecule has 0 radical (unpaired) electrons. The van der Waals surface area contributed by atoms with Crippen molar-refractivity contribution in [3.8, 4) is 0 Å². The molecule has 22 heavy (non-hydrogen) atoms. The average molecular weight is 323 g/mol. The third kappa shape index (κ3) is 3.76. The van der Waals surface area contributed by atoms with Gasteiger partial charge in [-0.1, -0.05) is 6.92 Å². The molecule has 1 fully saturated rings.